The van der Waals surface area contributed by atoms with Crippen molar-refractivity contribution in [2.24, 2.45) is 11.8 Å². The second kappa shape index (κ2) is 4.60. The maximum absolute atomic E-state index is 11.2. The molecule has 0 heterocycles. The van der Waals surface area contributed by atoms with Crippen LogP contribution in [0.5, 0.6) is 0 Å². The van der Waals surface area contributed by atoms with Crippen LogP contribution in [0, 0.1) is 11.8 Å². The molecule has 0 unspecified atom stereocenters. The van der Waals surface area contributed by atoms with Crippen LogP contribution >= 0.6 is 0 Å². The molecular weight excluding hydrogens is 190 g/mol. The Bertz CT molecular complexity index is 269. The van der Waals surface area contributed by atoms with E-state index in [1.807, 2.05) is 18.6 Å². The molecular formula is C8H17NO3S. The Morgan fingerprint density at radius 2 is 1.77 bits per heavy atom. The number of amides is 1. The van der Waals surface area contributed by atoms with E-state index >= 15 is 0 Å². The number of sulfonamides is 1. The van der Waals surface area contributed by atoms with Gasteiger partial charge in [0.1, 0.15) is 0 Å². The highest BCUT2D eigenvalue weighted by Gasteiger charge is 2.17. The van der Waals surface area contributed by atoms with Crippen LogP contribution < -0.4 is 4.72 Å². The normalized spacial score (nSPS) is 14.2. The average Bonchev–Trinajstić information content (AvgIpc) is 1.81. The van der Waals surface area contributed by atoms with Crippen LogP contribution in [0.1, 0.15) is 27.2 Å². The summed E-state index contributed by atoms with van der Waals surface area (Å²) in [7, 11) is -3.40. The highest BCUT2D eigenvalue weighted by Crippen LogP contribution is 2.10. The molecule has 1 atom stereocenters. The predicted molar refractivity (Wildman–Crippen MR) is 51.6 cm³/mol. The SMILES string of the molecule is CC(C)C[C@@H](C)C(=O)NS(C)(=O)=O. The van der Waals surface area contributed by atoms with Crippen LogP contribution in [0.4, 0.5) is 0 Å². The third-order valence-electron chi connectivity index (χ3n) is 1.56. The molecule has 0 saturated heterocycles. The van der Waals surface area contributed by atoms with Crippen LogP contribution in [0.2, 0.25) is 0 Å². The van der Waals surface area contributed by atoms with E-state index in [-0.39, 0.29) is 5.92 Å². The fourth-order valence-electron chi connectivity index (χ4n) is 1.10. The lowest BCUT2D eigenvalue weighted by atomic mass is 9.99. The minimum absolute atomic E-state index is 0.255. The van der Waals surface area contributed by atoms with Gasteiger partial charge >= 0.3 is 0 Å². The molecule has 0 bridgehead atoms. The average molecular weight is 207 g/mol. The first-order valence-corrected chi connectivity index (χ1v) is 6.13. The zero-order valence-electron chi connectivity index (χ0n) is 8.49. The summed E-state index contributed by atoms with van der Waals surface area (Å²) in [5.41, 5.74) is 0. The zero-order valence-corrected chi connectivity index (χ0v) is 9.31. The van der Waals surface area contributed by atoms with Crippen LogP contribution in [0.3, 0.4) is 0 Å². The van der Waals surface area contributed by atoms with Gasteiger partial charge in [0.05, 0.1) is 6.26 Å². The number of hydrogen-bond donors (Lipinski definition) is 1. The van der Waals surface area contributed by atoms with Gasteiger partial charge in [-0.15, -0.1) is 0 Å². The number of nitrogens with one attached hydrogen (secondary N) is 1. The van der Waals surface area contributed by atoms with E-state index in [0.29, 0.717) is 12.3 Å². The minimum atomic E-state index is -3.40. The van der Waals surface area contributed by atoms with Crippen LogP contribution in [-0.2, 0) is 14.8 Å². The second-order valence-corrected chi connectivity index (χ2v) is 5.52. The highest BCUT2D eigenvalue weighted by atomic mass is 32.2. The maximum Gasteiger partial charge on any atom is 0.236 e. The summed E-state index contributed by atoms with van der Waals surface area (Å²) in [6, 6.07) is 0. The summed E-state index contributed by atoms with van der Waals surface area (Å²) in [5.74, 6) is -0.286. The molecule has 0 aromatic carbocycles. The summed E-state index contributed by atoms with van der Waals surface area (Å²) in [6.07, 6.45) is 1.67. The molecule has 0 aliphatic carbocycles. The van der Waals surface area contributed by atoms with Gasteiger partial charge in [-0.3, -0.25) is 9.52 Å². The maximum atomic E-state index is 11.2. The molecule has 5 heteroatoms. The molecule has 0 radical (unpaired) electrons. The highest BCUT2D eigenvalue weighted by molar-refractivity contribution is 7.89. The minimum Gasteiger partial charge on any atom is -0.274 e. The summed E-state index contributed by atoms with van der Waals surface area (Å²) in [6.45, 7) is 5.70. The molecule has 0 fully saturated rings. The Balaban J connectivity index is 4.13. The zero-order chi connectivity index (χ0) is 10.6. The molecule has 0 rings (SSSR count). The van der Waals surface area contributed by atoms with Crippen molar-refractivity contribution in [1.29, 1.82) is 0 Å². The summed E-state index contributed by atoms with van der Waals surface area (Å²) in [4.78, 5) is 11.2. The summed E-state index contributed by atoms with van der Waals surface area (Å²) >= 11 is 0. The van der Waals surface area contributed by atoms with E-state index in [4.69, 9.17) is 0 Å². The van der Waals surface area contributed by atoms with Crippen molar-refractivity contribution >= 4 is 15.9 Å². The molecule has 0 spiro atoms. The predicted octanol–water partition coefficient (Wildman–Crippen LogP) is 0.744. The van der Waals surface area contributed by atoms with Crippen molar-refractivity contribution in [3.05, 3.63) is 0 Å². The Hall–Kier alpha value is -0.580. The molecule has 0 aliphatic rings. The third-order valence-corrected chi connectivity index (χ3v) is 2.13. The van der Waals surface area contributed by atoms with Crippen molar-refractivity contribution in [1.82, 2.24) is 4.72 Å². The lowest BCUT2D eigenvalue weighted by molar-refractivity contribution is -0.123. The van der Waals surface area contributed by atoms with Gasteiger partial charge in [0.25, 0.3) is 0 Å². The first-order valence-electron chi connectivity index (χ1n) is 4.24. The molecule has 0 aromatic heterocycles. The van der Waals surface area contributed by atoms with Crippen molar-refractivity contribution in [3.8, 4) is 0 Å². The Labute approximate surface area is 79.8 Å². The molecule has 1 N–H and O–H groups in total. The van der Waals surface area contributed by atoms with Gasteiger partial charge in [0, 0.05) is 5.92 Å². The summed E-state index contributed by atoms with van der Waals surface area (Å²) in [5, 5.41) is 0. The van der Waals surface area contributed by atoms with Gasteiger partial charge < -0.3 is 0 Å². The molecule has 13 heavy (non-hydrogen) atoms. The van der Waals surface area contributed by atoms with Crippen molar-refractivity contribution in [2.45, 2.75) is 27.2 Å². The Morgan fingerprint density at radius 1 is 1.31 bits per heavy atom. The van der Waals surface area contributed by atoms with Crippen LogP contribution in [-0.4, -0.2) is 20.6 Å². The van der Waals surface area contributed by atoms with Gasteiger partial charge in [-0.2, -0.15) is 0 Å². The standard InChI is InChI=1S/C8H17NO3S/c1-6(2)5-7(3)8(10)9-13(4,11)12/h6-7H,5H2,1-4H3,(H,9,10)/t7-/m1/s1. The molecule has 1 amide bonds. The largest absolute Gasteiger partial charge is 0.274 e. The fraction of sp³-hybridized carbons (Fsp3) is 0.875. The van der Waals surface area contributed by atoms with Crippen molar-refractivity contribution < 1.29 is 13.2 Å². The first kappa shape index (κ1) is 12.4. The molecule has 0 aliphatic heterocycles. The van der Waals surface area contributed by atoms with E-state index < -0.39 is 15.9 Å². The second-order valence-electron chi connectivity index (χ2n) is 3.77. The lowest BCUT2D eigenvalue weighted by Crippen LogP contribution is -2.34. The monoisotopic (exact) mass is 207 g/mol. The number of hydrogen-bond acceptors (Lipinski definition) is 3. The number of carbonyl (C=O) groups excluding carboxylic acids is 1. The fourth-order valence-corrected chi connectivity index (χ4v) is 1.66. The van der Waals surface area contributed by atoms with Crippen molar-refractivity contribution in [3.63, 3.8) is 0 Å². The number of rotatable bonds is 4. The quantitative estimate of drug-likeness (QED) is 0.739. The molecule has 0 aromatic rings. The van der Waals surface area contributed by atoms with Gasteiger partial charge in [-0.25, -0.2) is 8.42 Å². The molecule has 4 nitrogen and oxygen atoms in total. The van der Waals surface area contributed by atoms with Gasteiger partial charge in [0.2, 0.25) is 15.9 Å². The van der Waals surface area contributed by atoms with Crippen LogP contribution in [0.15, 0.2) is 0 Å². The van der Waals surface area contributed by atoms with E-state index in [0.717, 1.165) is 6.26 Å². The van der Waals surface area contributed by atoms with E-state index in [9.17, 15) is 13.2 Å². The van der Waals surface area contributed by atoms with Crippen LogP contribution in [0.25, 0.3) is 0 Å². The third kappa shape index (κ3) is 6.57. The first-order chi connectivity index (χ1) is 5.72. The van der Waals surface area contributed by atoms with Gasteiger partial charge in [0.15, 0.2) is 0 Å². The topological polar surface area (TPSA) is 63.2 Å². The molecule has 0 saturated carbocycles. The van der Waals surface area contributed by atoms with E-state index in [1.165, 1.54) is 0 Å². The van der Waals surface area contributed by atoms with Gasteiger partial charge in [-0.05, 0) is 12.3 Å². The van der Waals surface area contributed by atoms with E-state index in [2.05, 4.69) is 0 Å². The number of carbonyl (C=O) groups is 1. The van der Waals surface area contributed by atoms with Crippen molar-refractivity contribution in [2.75, 3.05) is 6.26 Å². The van der Waals surface area contributed by atoms with E-state index in [1.54, 1.807) is 6.92 Å². The Kier molecular flexibility index (Phi) is 4.39. The molecule has 78 valence electrons. The summed E-state index contributed by atoms with van der Waals surface area (Å²) < 4.78 is 23.4. The smallest absolute Gasteiger partial charge is 0.236 e. The van der Waals surface area contributed by atoms with Gasteiger partial charge in [-0.1, -0.05) is 20.8 Å². The Morgan fingerprint density at radius 3 is 2.08 bits per heavy atom. The lowest BCUT2D eigenvalue weighted by Gasteiger charge is -2.12.